The Labute approximate surface area is 97.9 Å². The minimum atomic E-state index is -0.0624. The van der Waals surface area contributed by atoms with Gasteiger partial charge < -0.3 is 15.6 Å². The molecule has 0 aromatic carbocycles. The van der Waals surface area contributed by atoms with Gasteiger partial charge in [-0.25, -0.2) is 4.98 Å². The number of pyridine rings is 1. The van der Waals surface area contributed by atoms with Crippen LogP contribution in [0.3, 0.4) is 0 Å². The predicted octanol–water partition coefficient (Wildman–Crippen LogP) is 1.12. The van der Waals surface area contributed by atoms with Crippen molar-refractivity contribution in [1.29, 1.82) is 0 Å². The molecule has 5 nitrogen and oxygen atoms in total. The number of hydrogen-bond acceptors (Lipinski definition) is 3. The molecule has 3 heterocycles. The zero-order valence-corrected chi connectivity index (χ0v) is 9.37. The van der Waals surface area contributed by atoms with Crippen LogP contribution in [-0.4, -0.2) is 29.5 Å². The summed E-state index contributed by atoms with van der Waals surface area (Å²) in [7, 11) is 1.63. The van der Waals surface area contributed by atoms with Gasteiger partial charge in [-0.2, -0.15) is 0 Å². The van der Waals surface area contributed by atoms with Gasteiger partial charge in [0.15, 0.2) is 0 Å². The Morgan fingerprint density at radius 1 is 1.53 bits per heavy atom. The Kier molecular flexibility index (Phi) is 2.11. The molecule has 0 aliphatic carbocycles. The Balaban J connectivity index is 2.20. The van der Waals surface area contributed by atoms with E-state index < -0.39 is 0 Å². The summed E-state index contributed by atoms with van der Waals surface area (Å²) >= 11 is 0. The first kappa shape index (κ1) is 9.89. The summed E-state index contributed by atoms with van der Waals surface area (Å²) in [5.74, 6) is -0.0624. The van der Waals surface area contributed by atoms with Crippen LogP contribution in [0.4, 0.5) is 5.69 Å². The number of nitrogens with zero attached hydrogens (tertiary/aromatic N) is 1. The molecule has 1 aliphatic heterocycles. The fourth-order valence-corrected chi connectivity index (χ4v) is 2.08. The molecule has 0 fully saturated rings. The highest BCUT2D eigenvalue weighted by molar-refractivity contribution is 6.05. The maximum atomic E-state index is 11.7. The number of hydrogen-bond donors (Lipinski definition) is 3. The third-order valence-corrected chi connectivity index (χ3v) is 2.92. The summed E-state index contributed by atoms with van der Waals surface area (Å²) in [6.45, 7) is 0.521. The quantitative estimate of drug-likeness (QED) is 0.685. The first-order valence-electron chi connectivity index (χ1n) is 5.42. The molecule has 2 aromatic rings. The summed E-state index contributed by atoms with van der Waals surface area (Å²) in [5.41, 5.74) is 3.54. The van der Waals surface area contributed by atoms with Gasteiger partial charge in [-0.15, -0.1) is 0 Å². The minimum absolute atomic E-state index is 0.0624. The molecule has 3 rings (SSSR count). The van der Waals surface area contributed by atoms with Gasteiger partial charge in [-0.05, 0) is 12.1 Å². The van der Waals surface area contributed by atoms with E-state index in [4.69, 9.17) is 0 Å². The summed E-state index contributed by atoms with van der Waals surface area (Å²) < 4.78 is 0. The zero-order valence-electron chi connectivity index (χ0n) is 9.37. The summed E-state index contributed by atoms with van der Waals surface area (Å²) in [4.78, 5) is 19.0. The molecule has 0 saturated heterocycles. The van der Waals surface area contributed by atoms with Crippen molar-refractivity contribution in [3.63, 3.8) is 0 Å². The van der Waals surface area contributed by atoms with Gasteiger partial charge >= 0.3 is 0 Å². The number of amides is 1. The largest absolute Gasteiger partial charge is 0.380 e. The number of aromatic amines is 1. The lowest BCUT2D eigenvalue weighted by atomic mass is 10.1. The highest BCUT2D eigenvalue weighted by Crippen LogP contribution is 2.29. The van der Waals surface area contributed by atoms with Crippen LogP contribution in [0.2, 0.25) is 0 Å². The van der Waals surface area contributed by atoms with Gasteiger partial charge in [0.1, 0.15) is 5.65 Å². The van der Waals surface area contributed by atoms with Crippen molar-refractivity contribution in [2.75, 3.05) is 18.9 Å². The molecular weight excluding hydrogens is 216 g/mol. The van der Waals surface area contributed by atoms with E-state index in [1.807, 2.05) is 18.3 Å². The van der Waals surface area contributed by atoms with Crippen molar-refractivity contribution in [3.8, 4) is 0 Å². The lowest BCUT2D eigenvalue weighted by molar-refractivity contribution is -0.116. The molecule has 17 heavy (non-hydrogen) atoms. The van der Waals surface area contributed by atoms with Gasteiger partial charge in [0.25, 0.3) is 0 Å². The molecule has 0 unspecified atom stereocenters. The molecule has 0 atom stereocenters. The van der Waals surface area contributed by atoms with Crippen molar-refractivity contribution in [2.45, 2.75) is 0 Å². The lowest BCUT2D eigenvalue weighted by Crippen LogP contribution is -2.23. The first-order chi connectivity index (χ1) is 8.29. The summed E-state index contributed by atoms with van der Waals surface area (Å²) in [5, 5.41) is 6.93. The Morgan fingerprint density at radius 2 is 2.41 bits per heavy atom. The van der Waals surface area contributed by atoms with Gasteiger partial charge in [0, 0.05) is 48.2 Å². The van der Waals surface area contributed by atoms with Gasteiger partial charge in [-0.1, -0.05) is 0 Å². The average Bonchev–Trinajstić information content (AvgIpc) is 2.66. The molecule has 1 aliphatic rings. The van der Waals surface area contributed by atoms with Crippen molar-refractivity contribution >= 4 is 28.7 Å². The standard InChI is InChI=1S/C12H12N4O/c1-13-12(17)8-4-7-5-16-11-10(7)9(15-6-8)2-3-14-11/h2-5,15H,6H2,1H3,(H,13,17)(H,14,16). The molecule has 0 radical (unpaired) electrons. The Morgan fingerprint density at radius 3 is 3.24 bits per heavy atom. The number of carbonyl (C=O) groups is 1. The van der Waals surface area contributed by atoms with E-state index >= 15 is 0 Å². The Bertz CT molecular complexity index is 626. The topological polar surface area (TPSA) is 69.8 Å². The smallest absolute Gasteiger partial charge is 0.248 e. The van der Waals surface area contributed by atoms with E-state index in [1.165, 1.54) is 0 Å². The normalized spacial score (nSPS) is 13.8. The molecule has 86 valence electrons. The molecule has 0 spiro atoms. The second-order valence-electron chi connectivity index (χ2n) is 3.93. The summed E-state index contributed by atoms with van der Waals surface area (Å²) in [6.07, 6.45) is 5.51. The minimum Gasteiger partial charge on any atom is -0.380 e. The monoisotopic (exact) mass is 228 g/mol. The van der Waals surface area contributed by atoms with Crippen LogP contribution < -0.4 is 10.6 Å². The number of H-pyrrole nitrogens is 1. The van der Waals surface area contributed by atoms with Gasteiger partial charge in [-0.3, -0.25) is 4.79 Å². The highest BCUT2D eigenvalue weighted by Gasteiger charge is 2.16. The number of likely N-dealkylation sites (N-methyl/N-ethyl adjacent to an activating group) is 1. The van der Waals surface area contributed by atoms with Crippen LogP contribution in [0.15, 0.2) is 24.0 Å². The zero-order chi connectivity index (χ0) is 11.8. The van der Waals surface area contributed by atoms with Crippen LogP contribution >= 0.6 is 0 Å². The number of anilines is 1. The second kappa shape index (κ2) is 3.62. The molecule has 1 amide bonds. The van der Waals surface area contributed by atoms with Crippen LogP contribution in [0.25, 0.3) is 17.1 Å². The van der Waals surface area contributed by atoms with Gasteiger partial charge in [0.05, 0.1) is 0 Å². The van der Waals surface area contributed by atoms with E-state index in [0.717, 1.165) is 22.3 Å². The van der Waals surface area contributed by atoms with Crippen molar-refractivity contribution < 1.29 is 4.79 Å². The second-order valence-corrected chi connectivity index (χ2v) is 3.93. The Hall–Kier alpha value is -2.30. The van der Waals surface area contributed by atoms with E-state index in [9.17, 15) is 4.79 Å². The molecular formula is C12H12N4O. The van der Waals surface area contributed by atoms with Crippen LogP contribution in [-0.2, 0) is 4.79 Å². The van der Waals surface area contributed by atoms with Crippen LogP contribution in [0.5, 0.6) is 0 Å². The van der Waals surface area contributed by atoms with Crippen molar-refractivity contribution in [2.24, 2.45) is 0 Å². The van der Waals surface area contributed by atoms with E-state index in [2.05, 4.69) is 20.6 Å². The molecule has 0 bridgehead atoms. The SMILES string of the molecule is CNC(=O)C1=Cc2c[nH]c3nccc(c23)NC1. The number of carbonyl (C=O) groups excluding carboxylic acids is 1. The molecule has 2 aromatic heterocycles. The van der Waals surface area contributed by atoms with E-state index in [0.29, 0.717) is 12.1 Å². The predicted molar refractivity (Wildman–Crippen MR) is 66.6 cm³/mol. The average molecular weight is 228 g/mol. The molecule has 3 N–H and O–H groups in total. The third kappa shape index (κ3) is 1.47. The maximum Gasteiger partial charge on any atom is 0.248 e. The number of aromatic nitrogens is 2. The van der Waals surface area contributed by atoms with Gasteiger partial charge in [0.2, 0.25) is 5.91 Å². The molecule has 5 heteroatoms. The third-order valence-electron chi connectivity index (χ3n) is 2.92. The number of rotatable bonds is 1. The van der Waals surface area contributed by atoms with Crippen LogP contribution in [0.1, 0.15) is 5.56 Å². The summed E-state index contributed by atoms with van der Waals surface area (Å²) in [6, 6.07) is 1.92. The fourth-order valence-electron chi connectivity index (χ4n) is 2.08. The van der Waals surface area contributed by atoms with Crippen molar-refractivity contribution in [3.05, 3.63) is 29.6 Å². The lowest BCUT2D eigenvalue weighted by Gasteiger charge is -2.06. The fraction of sp³-hybridized carbons (Fsp3) is 0.167. The first-order valence-corrected chi connectivity index (χ1v) is 5.42. The van der Waals surface area contributed by atoms with E-state index in [1.54, 1.807) is 13.2 Å². The molecule has 0 saturated carbocycles. The number of nitrogens with one attached hydrogen (secondary N) is 3. The van der Waals surface area contributed by atoms with E-state index in [-0.39, 0.29) is 5.91 Å². The van der Waals surface area contributed by atoms with Crippen LogP contribution in [0, 0.1) is 0 Å². The highest BCUT2D eigenvalue weighted by atomic mass is 16.1. The van der Waals surface area contributed by atoms with Crippen molar-refractivity contribution in [1.82, 2.24) is 15.3 Å². The maximum absolute atomic E-state index is 11.7.